The fourth-order valence-electron chi connectivity index (χ4n) is 3.57. The van der Waals surface area contributed by atoms with Crippen molar-refractivity contribution in [2.24, 2.45) is 0 Å². The zero-order valence-corrected chi connectivity index (χ0v) is 16.6. The van der Waals surface area contributed by atoms with E-state index in [1.807, 2.05) is 36.4 Å². The van der Waals surface area contributed by atoms with Gasteiger partial charge in [0.05, 0.1) is 11.4 Å². The Bertz CT molecular complexity index is 1020. The summed E-state index contributed by atoms with van der Waals surface area (Å²) in [6.45, 7) is 0. The van der Waals surface area contributed by atoms with Gasteiger partial charge in [0, 0.05) is 12.4 Å². The van der Waals surface area contributed by atoms with Crippen LogP contribution in [0.1, 0.15) is 22.3 Å². The maximum absolute atomic E-state index is 13.2. The molecule has 0 aliphatic heterocycles. The van der Waals surface area contributed by atoms with Gasteiger partial charge in [-0.3, -0.25) is 9.97 Å². The second-order valence-corrected chi connectivity index (χ2v) is 7.28. The van der Waals surface area contributed by atoms with Crippen LogP contribution in [0.4, 0.5) is 8.78 Å². The Labute approximate surface area is 175 Å². The first kappa shape index (κ1) is 19.9. The molecule has 30 heavy (non-hydrogen) atoms. The predicted octanol–water partition coefficient (Wildman–Crippen LogP) is 5.99. The molecule has 0 atom stereocenters. The molecule has 0 unspecified atom stereocenters. The minimum Gasteiger partial charge on any atom is -0.254 e. The van der Waals surface area contributed by atoms with Crippen LogP contribution < -0.4 is 0 Å². The lowest BCUT2D eigenvalue weighted by Gasteiger charge is -2.12. The summed E-state index contributed by atoms with van der Waals surface area (Å²) >= 11 is 0. The van der Waals surface area contributed by atoms with Crippen molar-refractivity contribution < 1.29 is 8.78 Å². The van der Waals surface area contributed by atoms with Gasteiger partial charge >= 0.3 is 0 Å². The van der Waals surface area contributed by atoms with Crippen molar-refractivity contribution in [3.05, 3.63) is 119 Å². The van der Waals surface area contributed by atoms with Gasteiger partial charge in [-0.1, -0.05) is 36.4 Å². The normalized spacial score (nSPS) is 10.9. The summed E-state index contributed by atoms with van der Waals surface area (Å²) in [4.78, 5) is 9.26. The van der Waals surface area contributed by atoms with Gasteiger partial charge in [0.25, 0.3) is 0 Å². The molecule has 2 aromatic heterocycles. The molecule has 150 valence electrons. The van der Waals surface area contributed by atoms with E-state index in [0.29, 0.717) is 0 Å². The molecule has 0 fully saturated rings. The molecule has 0 radical (unpaired) electrons. The number of halogens is 2. The zero-order chi connectivity index (χ0) is 20.8. The van der Waals surface area contributed by atoms with Crippen LogP contribution in [0.15, 0.2) is 85.2 Å². The van der Waals surface area contributed by atoms with Gasteiger partial charge in [-0.25, -0.2) is 8.78 Å². The summed E-state index contributed by atoms with van der Waals surface area (Å²) in [6.07, 6.45) is 6.77. The third kappa shape index (κ3) is 4.95. The highest BCUT2D eigenvalue weighted by atomic mass is 19.1. The van der Waals surface area contributed by atoms with E-state index in [-0.39, 0.29) is 11.6 Å². The first-order chi connectivity index (χ1) is 14.7. The smallest absolute Gasteiger partial charge is 0.123 e. The average molecular weight is 400 g/mol. The van der Waals surface area contributed by atoms with Crippen molar-refractivity contribution in [2.75, 3.05) is 0 Å². The molecule has 0 saturated heterocycles. The van der Waals surface area contributed by atoms with E-state index >= 15 is 0 Å². The summed E-state index contributed by atoms with van der Waals surface area (Å²) in [7, 11) is 0. The highest BCUT2D eigenvalue weighted by Gasteiger charge is 2.12. The Balaban J connectivity index is 1.55. The molecule has 4 rings (SSSR count). The van der Waals surface area contributed by atoms with E-state index in [4.69, 9.17) is 0 Å². The molecule has 0 aliphatic carbocycles. The van der Waals surface area contributed by atoms with Gasteiger partial charge in [0.1, 0.15) is 11.6 Å². The van der Waals surface area contributed by atoms with Crippen LogP contribution in [-0.4, -0.2) is 9.97 Å². The van der Waals surface area contributed by atoms with Crippen LogP contribution in [0, 0.1) is 11.6 Å². The maximum atomic E-state index is 13.2. The number of rotatable bonds is 7. The van der Waals surface area contributed by atoms with E-state index in [1.54, 1.807) is 12.4 Å². The second kappa shape index (κ2) is 9.40. The highest BCUT2D eigenvalue weighted by molar-refractivity contribution is 5.62. The number of hydrogen-bond donors (Lipinski definition) is 0. The summed E-state index contributed by atoms with van der Waals surface area (Å²) in [5.74, 6) is -0.444. The van der Waals surface area contributed by atoms with Crippen molar-refractivity contribution in [3.8, 4) is 11.4 Å². The van der Waals surface area contributed by atoms with Crippen LogP contribution in [-0.2, 0) is 25.7 Å². The van der Waals surface area contributed by atoms with Crippen LogP contribution in [0.5, 0.6) is 0 Å². The molecule has 0 spiro atoms. The zero-order valence-electron chi connectivity index (χ0n) is 16.6. The fourth-order valence-corrected chi connectivity index (χ4v) is 3.57. The average Bonchev–Trinajstić information content (AvgIpc) is 2.79. The largest absolute Gasteiger partial charge is 0.254 e. The quantitative estimate of drug-likeness (QED) is 0.381. The molecular weight excluding hydrogens is 378 g/mol. The Morgan fingerprint density at radius 2 is 0.900 bits per heavy atom. The number of benzene rings is 2. The molecule has 2 nitrogen and oxygen atoms in total. The van der Waals surface area contributed by atoms with Crippen LogP contribution >= 0.6 is 0 Å². The van der Waals surface area contributed by atoms with Crippen molar-refractivity contribution in [1.29, 1.82) is 0 Å². The van der Waals surface area contributed by atoms with Crippen molar-refractivity contribution in [1.82, 2.24) is 9.97 Å². The fraction of sp³-hybridized carbons (Fsp3) is 0.154. The highest BCUT2D eigenvalue weighted by Crippen LogP contribution is 2.25. The maximum Gasteiger partial charge on any atom is 0.123 e. The topological polar surface area (TPSA) is 25.8 Å². The summed E-state index contributed by atoms with van der Waals surface area (Å²) < 4.78 is 26.3. The van der Waals surface area contributed by atoms with Crippen molar-refractivity contribution in [3.63, 3.8) is 0 Å². The van der Waals surface area contributed by atoms with E-state index in [1.165, 1.54) is 24.3 Å². The molecule has 0 aliphatic rings. The number of hydrogen-bond acceptors (Lipinski definition) is 2. The van der Waals surface area contributed by atoms with Gasteiger partial charge in [0.15, 0.2) is 0 Å². The van der Waals surface area contributed by atoms with Crippen LogP contribution in [0.2, 0.25) is 0 Å². The van der Waals surface area contributed by atoms with Crippen molar-refractivity contribution in [2.45, 2.75) is 25.7 Å². The third-order valence-corrected chi connectivity index (χ3v) is 5.20. The minimum atomic E-state index is -0.222. The van der Waals surface area contributed by atoms with E-state index < -0.39 is 0 Å². The first-order valence-corrected chi connectivity index (χ1v) is 10.1. The monoisotopic (exact) mass is 400 g/mol. The van der Waals surface area contributed by atoms with E-state index in [2.05, 4.69) is 22.1 Å². The molecule has 4 aromatic rings. The Morgan fingerprint density at radius 3 is 1.30 bits per heavy atom. The Morgan fingerprint density at radius 1 is 0.500 bits per heavy atom. The Hall–Kier alpha value is -3.40. The van der Waals surface area contributed by atoms with E-state index in [9.17, 15) is 8.78 Å². The Kier molecular flexibility index (Phi) is 6.23. The standard InChI is InChI=1S/C26H22F2N2/c27-23-13-7-19(8-14-23)5-11-21-3-1-17-29-25(21)26-22(4-2-18-30-26)12-6-20-9-15-24(28)16-10-20/h1-4,7-10,13-18H,5-6,11-12H2. The number of pyridine rings is 2. The number of nitrogens with zero attached hydrogens (tertiary/aromatic N) is 2. The molecule has 0 amide bonds. The SMILES string of the molecule is Fc1ccc(CCc2cccnc2-c2ncccc2CCc2ccc(F)cc2)cc1. The van der Waals surface area contributed by atoms with Gasteiger partial charge in [-0.2, -0.15) is 0 Å². The summed E-state index contributed by atoms with van der Waals surface area (Å²) in [5.41, 5.74) is 6.17. The lowest BCUT2D eigenvalue weighted by molar-refractivity contribution is 0.626. The predicted molar refractivity (Wildman–Crippen MR) is 115 cm³/mol. The van der Waals surface area contributed by atoms with Crippen molar-refractivity contribution >= 4 is 0 Å². The van der Waals surface area contributed by atoms with Gasteiger partial charge < -0.3 is 0 Å². The third-order valence-electron chi connectivity index (χ3n) is 5.20. The first-order valence-electron chi connectivity index (χ1n) is 10.1. The molecular formula is C26H22F2N2. The molecule has 2 heterocycles. The van der Waals surface area contributed by atoms with Crippen LogP contribution in [0.25, 0.3) is 11.4 Å². The van der Waals surface area contributed by atoms with Gasteiger partial charge in [-0.15, -0.1) is 0 Å². The lowest BCUT2D eigenvalue weighted by atomic mass is 9.97. The van der Waals surface area contributed by atoms with E-state index in [0.717, 1.165) is 59.3 Å². The molecule has 4 heteroatoms. The minimum absolute atomic E-state index is 0.222. The second-order valence-electron chi connectivity index (χ2n) is 7.28. The number of aryl methyl sites for hydroxylation is 4. The lowest BCUT2D eigenvalue weighted by Crippen LogP contribution is -2.02. The van der Waals surface area contributed by atoms with Crippen LogP contribution in [0.3, 0.4) is 0 Å². The molecule has 0 bridgehead atoms. The van der Waals surface area contributed by atoms with Gasteiger partial charge in [-0.05, 0) is 84.3 Å². The summed E-state index contributed by atoms with van der Waals surface area (Å²) in [5, 5.41) is 0. The molecule has 0 N–H and O–H groups in total. The molecule has 2 aromatic carbocycles. The molecule has 0 saturated carbocycles. The van der Waals surface area contributed by atoms with Gasteiger partial charge in [0.2, 0.25) is 0 Å². The number of aromatic nitrogens is 2. The summed E-state index contributed by atoms with van der Waals surface area (Å²) in [6, 6.07) is 21.3.